The maximum absolute atomic E-state index is 12.8. The molecule has 0 unspecified atom stereocenters. The highest BCUT2D eigenvalue weighted by Gasteiger charge is 2.41. The number of carbonyl (C=O) groups is 2. The van der Waals surface area contributed by atoms with Gasteiger partial charge in [-0.25, -0.2) is 9.69 Å². The number of ether oxygens (including phenoxy) is 1. The van der Waals surface area contributed by atoms with E-state index in [9.17, 15) is 14.7 Å². The zero-order chi connectivity index (χ0) is 16.7. The van der Waals surface area contributed by atoms with Crippen molar-refractivity contribution >= 4 is 12.0 Å². The molecule has 0 bridgehead atoms. The summed E-state index contributed by atoms with van der Waals surface area (Å²) in [6.07, 6.45) is 4.26. The van der Waals surface area contributed by atoms with E-state index in [2.05, 4.69) is 6.92 Å². The van der Waals surface area contributed by atoms with E-state index in [1.807, 2.05) is 13.8 Å². The number of imide groups is 1. The molecule has 1 aliphatic heterocycles. The standard InChI is InChI=1S/C17H31NO4/c1-5-8-14(10-7-6-9-13(4)19)16(20)18-15(12(2)3)11-22-17(18)21/h12-15,19H,5-11H2,1-4H3/t13-,14+,15-/m0/s1. The number of rotatable bonds is 9. The summed E-state index contributed by atoms with van der Waals surface area (Å²) in [6.45, 7) is 8.15. The predicted octanol–water partition coefficient (Wildman–Crippen LogP) is 3.35. The molecule has 0 spiro atoms. The molecular formula is C17H31NO4. The molecule has 0 saturated carbocycles. The molecular weight excluding hydrogens is 282 g/mol. The van der Waals surface area contributed by atoms with Crippen molar-refractivity contribution in [3.63, 3.8) is 0 Å². The highest BCUT2D eigenvalue weighted by molar-refractivity contribution is 5.94. The van der Waals surface area contributed by atoms with Crippen LogP contribution in [-0.4, -0.2) is 40.8 Å². The van der Waals surface area contributed by atoms with Crippen molar-refractivity contribution in [1.29, 1.82) is 0 Å². The Morgan fingerprint density at radius 3 is 2.45 bits per heavy atom. The minimum atomic E-state index is -0.492. The van der Waals surface area contributed by atoms with Gasteiger partial charge in [-0.05, 0) is 32.1 Å². The van der Waals surface area contributed by atoms with E-state index in [-0.39, 0.29) is 29.9 Å². The van der Waals surface area contributed by atoms with Gasteiger partial charge >= 0.3 is 6.09 Å². The van der Waals surface area contributed by atoms with E-state index in [0.29, 0.717) is 6.61 Å². The number of cyclic esters (lactones) is 1. The fraction of sp³-hybridized carbons (Fsp3) is 0.882. The number of carbonyl (C=O) groups excluding carboxylic acids is 2. The molecule has 1 heterocycles. The van der Waals surface area contributed by atoms with Gasteiger partial charge in [0.25, 0.3) is 0 Å². The van der Waals surface area contributed by atoms with E-state index < -0.39 is 6.09 Å². The topological polar surface area (TPSA) is 66.8 Å². The lowest BCUT2D eigenvalue weighted by atomic mass is 9.93. The molecule has 0 aliphatic carbocycles. The molecule has 5 heteroatoms. The summed E-state index contributed by atoms with van der Waals surface area (Å²) in [5.74, 6) is -0.00101. The van der Waals surface area contributed by atoms with Crippen LogP contribution in [0.3, 0.4) is 0 Å². The lowest BCUT2D eigenvalue weighted by Crippen LogP contribution is -2.44. The first-order valence-electron chi connectivity index (χ1n) is 8.56. The summed E-state index contributed by atoms with van der Waals surface area (Å²) in [5, 5.41) is 9.30. The summed E-state index contributed by atoms with van der Waals surface area (Å²) in [7, 11) is 0. The second kappa shape index (κ2) is 9.13. The van der Waals surface area contributed by atoms with Gasteiger partial charge in [0, 0.05) is 5.92 Å². The molecule has 1 N–H and O–H groups in total. The molecule has 0 radical (unpaired) electrons. The first-order chi connectivity index (χ1) is 10.4. The Hall–Kier alpha value is -1.10. The van der Waals surface area contributed by atoms with Crippen molar-refractivity contribution in [2.24, 2.45) is 11.8 Å². The van der Waals surface area contributed by atoms with Crippen LogP contribution in [0.2, 0.25) is 0 Å². The van der Waals surface area contributed by atoms with Crippen LogP contribution >= 0.6 is 0 Å². The minimum absolute atomic E-state index is 0.0832. The number of hydrogen-bond donors (Lipinski definition) is 1. The minimum Gasteiger partial charge on any atom is -0.447 e. The molecule has 3 atom stereocenters. The molecule has 0 aromatic carbocycles. The molecule has 0 aromatic heterocycles. The first kappa shape index (κ1) is 18.9. The highest BCUT2D eigenvalue weighted by Crippen LogP contribution is 2.26. The van der Waals surface area contributed by atoms with Gasteiger partial charge in [-0.2, -0.15) is 0 Å². The van der Waals surface area contributed by atoms with Crippen LogP contribution in [0.25, 0.3) is 0 Å². The summed E-state index contributed by atoms with van der Waals surface area (Å²) in [4.78, 5) is 26.0. The summed E-state index contributed by atoms with van der Waals surface area (Å²) in [6, 6.07) is -0.142. The zero-order valence-corrected chi connectivity index (χ0v) is 14.4. The second-order valence-electron chi connectivity index (χ2n) is 6.72. The van der Waals surface area contributed by atoms with Gasteiger partial charge in [0.05, 0.1) is 12.1 Å². The third kappa shape index (κ3) is 5.27. The van der Waals surface area contributed by atoms with E-state index in [1.165, 1.54) is 4.90 Å². The first-order valence-corrected chi connectivity index (χ1v) is 8.56. The van der Waals surface area contributed by atoms with Gasteiger partial charge in [0.2, 0.25) is 5.91 Å². The van der Waals surface area contributed by atoms with Crippen LogP contribution in [0.5, 0.6) is 0 Å². The molecule has 1 aliphatic rings. The maximum atomic E-state index is 12.8. The number of hydrogen-bond acceptors (Lipinski definition) is 4. The lowest BCUT2D eigenvalue weighted by molar-refractivity contribution is -0.134. The Kier molecular flexibility index (Phi) is 7.87. The Bertz CT molecular complexity index is 368. The molecule has 22 heavy (non-hydrogen) atoms. The quantitative estimate of drug-likeness (QED) is 0.663. The smallest absolute Gasteiger partial charge is 0.416 e. The third-order valence-electron chi connectivity index (χ3n) is 4.32. The molecule has 5 nitrogen and oxygen atoms in total. The number of aliphatic hydroxyl groups excluding tert-OH is 1. The normalized spacial score (nSPS) is 21.1. The Morgan fingerprint density at radius 1 is 1.27 bits per heavy atom. The van der Waals surface area contributed by atoms with E-state index in [0.717, 1.165) is 38.5 Å². The Labute approximate surface area is 134 Å². The fourth-order valence-electron chi connectivity index (χ4n) is 2.95. The van der Waals surface area contributed by atoms with Crippen LogP contribution in [0.4, 0.5) is 4.79 Å². The number of amides is 2. The van der Waals surface area contributed by atoms with Crippen LogP contribution in [-0.2, 0) is 9.53 Å². The average Bonchev–Trinajstić information content (AvgIpc) is 2.83. The van der Waals surface area contributed by atoms with Crippen LogP contribution in [0.15, 0.2) is 0 Å². The molecule has 2 amide bonds. The lowest BCUT2D eigenvalue weighted by Gasteiger charge is -2.26. The SMILES string of the molecule is CCC[C@H](CCCC[C@H](C)O)C(=O)N1C(=O)OC[C@H]1C(C)C. The molecule has 0 aromatic rings. The summed E-state index contributed by atoms with van der Waals surface area (Å²) in [5.41, 5.74) is 0. The van der Waals surface area contributed by atoms with Crippen LogP contribution in [0.1, 0.15) is 66.2 Å². The molecule has 1 rings (SSSR count). The van der Waals surface area contributed by atoms with E-state index in [4.69, 9.17) is 4.74 Å². The van der Waals surface area contributed by atoms with Crippen molar-refractivity contribution in [2.45, 2.75) is 78.4 Å². The largest absolute Gasteiger partial charge is 0.447 e. The molecule has 1 fully saturated rings. The predicted molar refractivity (Wildman–Crippen MR) is 85.4 cm³/mol. The van der Waals surface area contributed by atoms with Crippen molar-refractivity contribution in [1.82, 2.24) is 4.90 Å². The summed E-state index contributed by atoms with van der Waals surface area (Å²) < 4.78 is 5.08. The average molecular weight is 313 g/mol. The number of aliphatic hydroxyl groups is 1. The van der Waals surface area contributed by atoms with Crippen molar-refractivity contribution in [3.05, 3.63) is 0 Å². The van der Waals surface area contributed by atoms with Gasteiger partial charge in [-0.15, -0.1) is 0 Å². The van der Waals surface area contributed by atoms with E-state index in [1.54, 1.807) is 6.92 Å². The van der Waals surface area contributed by atoms with Crippen LogP contribution in [0, 0.1) is 11.8 Å². The monoisotopic (exact) mass is 313 g/mol. The highest BCUT2D eigenvalue weighted by atomic mass is 16.6. The number of nitrogens with zero attached hydrogens (tertiary/aromatic N) is 1. The van der Waals surface area contributed by atoms with Gasteiger partial charge in [-0.1, -0.05) is 40.0 Å². The van der Waals surface area contributed by atoms with E-state index >= 15 is 0 Å². The second-order valence-corrected chi connectivity index (χ2v) is 6.72. The molecule has 1 saturated heterocycles. The van der Waals surface area contributed by atoms with Gasteiger partial charge in [0.1, 0.15) is 6.61 Å². The van der Waals surface area contributed by atoms with Crippen molar-refractivity contribution in [3.8, 4) is 0 Å². The van der Waals surface area contributed by atoms with Crippen molar-refractivity contribution < 1.29 is 19.4 Å². The third-order valence-corrected chi connectivity index (χ3v) is 4.32. The van der Waals surface area contributed by atoms with Crippen molar-refractivity contribution in [2.75, 3.05) is 6.61 Å². The Morgan fingerprint density at radius 2 is 1.91 bits per heavy atom. The Balaban J connectivity index is 2.64. The van der Waals surface area contributed by atoms with Gasteiger partial charge < -0.3 is 9.84 Å². The number of unbranched alkanes of at least 4 members (excludes halogenated alkanes) is 1. The zero-order valence-electron chi connectivity index (χ0n) is 14.4. The fourth-order valence-corrected chi connectivity index (χ4v) is 2.95. The summed E-state index contributed by atoms with van der Waals surface area (Å²) >= 11 is 0. The maximum Gasteiger partial charge on any atom is 0.416 e. The van der Waals surface area contributed by atoms with Gasteiger partial charge in [-0.3, -0.25) is 4.79 Å². The molecule has 128 valence electrons. The van der Waals surface area contributed by atoms with Gasteiger partial charge in [0.15, 0.2) is 0 Å². The van der Waals surface area contributed by atoms with Crippen LogP contribution < -0.4 is 0 Å².